The molecular weight excluding hydrogens is 204 g/mol. The molecule has 1 aromatic rings. The van der Waals surface area contributed by atoms with Gasteiger partial charge in [0.1, 0.15) is 0 Å². The Labute approximate surface area is 95.6 Å². The van der Waals surface area contributed by atoms with E-state index in [0.29, 0.717) is 0 Å². The Morgan fingerprint density at radius 1 is 1.38 bits per heavy atom. The molecule has 5 heteroatoms. The highest BCUT2D eigenvalue weighted by Gasteiger charge is 2.13. The average molecular weight is 222 g/mol. The first-order chi connectivity index (χ1) is 7.75. The molecule has 0 radical (unpaired) electrons. The first-order valence-corrected chi connectivity index (χ1v) is 5.65. The number of hydrogen-bond acceptors (Lipinski definition) is 5. The average Bonchev–Trinajstić information content (AvgIpc) is 2.30. The van der Waals surface area contributed by atoms with Crippen molar-refractivity contribution in [1.82, 2.24) is 9.97 Å². The Kier molecular flexibility index (Phi) is 3.69. The summed E-state index contributed by atoms with van der Waals surface area (Å²) in [5.74, 6) is 0.789. The van der Waals surface area contributed by atoms with E-state index in [1.807, 2.05) is 19.3 Å². The summed E-state index contributed by atoms with van der Waals surface area (Å²) in [6, 6.07) is 0.151. The number of nitrogens with zero attached hydrogens (tertiary/aromatic N) is 3. The smallest absolute Gasteiger partial charge is 0.225 e. The third-order valence-electron chi connectivity index (χ3n) is 2.54. The number of morpholine rings is 1. The number of hydrogen-bond donors (Lipinski definition) is 1. The van der Waals surface area contributed by atoms with Crippen LogP contribution in [0.4, 0.5) is 5.95 Å². The van der Waals surface area contributed by atoms with Gasteiger partial charge in [-0.1, -0.05) is 0 Å². The Hall–Kier alpha value is -1.20. The Bertz CT molecular complexity index is 319. The van der Waals surface area contributed by atoms with Crippen molar-refractivity contribution in [2.75, 3.05) is 31.2 Å². The molecule has 88 valence electrons. The highest BCUT2D eigenvalue weighted by atomic mass is 16.5. The van der Waals surface area contributed by atoms with Crippen LogP contribution in [0.1, 0.15) is 12.5 Å². The number of aromatic nitrogens is 2. The summed E-state index contributed by atoms with van der Waals surface area (Å²) in [5, 5.41) is 0. The van der Waals surface area contributed by atoms with Crippen molar-refractivity contribution in [1.29, 1.82) is 0 Å². The van der Waals surface area contributed by atoms with E-state index in [4.69, 9.17) is 10.5 Å². The van der Waals surface area contributed by atoms with Crippen LogP contribution in [0.2, 0.25) is 0 Å². The van der Waals surface area contributed by atoms with Gasteiger partial charge in [0.05, 0.1) is 13.2 Å². The lowest BCUT2D eigenvalue weighted by atomic mass is 10.1. The molecular formula is C11H18N4O. The molecule has 1 atom stereocenters. The zero-order chi connectivity index (χ0) is 11.4. The largest absolute Gasteiger partial charge is 0.378 e. The van der Waals surface area contributed by atoms with Crippen molar-refractivity contribution in [2.45, 2.75) is 19.4 Å². The second-order valence-electron chi connectivity index (χ2n) is 4.17. The second kappa shape index (κ2) is 5.23. The van der Waals surface area contributed by atoms with E-state index in [1.54, 1.807) is 0 Å². The highest BCUT2D eigenvalue weighted by molar-refractivity contribution is 5.30. The Balaban J connectivity index is 2.00. The van der Waals surface area contributed by atoms with Gasteiger partial charge in [-0.2, -0.15) is 0 Å². The molecule has 1 fully saturated rings. The van der Waals surface area contributed by atoms with Crippen LogP contribution in [0, 0.1) is 0 Å². The predicted molar refractivity (Wildman–Crippen MR) is 62.4 cm³/mol. The fraction of sp³-hybridized carbons (Fsp3) is 0.636. The lowest BCUT2D eigenvalue weighted by molar-refractivity contribution is 0.122. The third-order valence-corrected chi connectivity index (χ3v) is 2.54. The minimum Gasteiger partial charge on any atom is -0.378 e. The first kappa shape index (κ1) is 11.3. The monoisotopic (exact) mass is 222 g/mol. The summed E-state index contributed by atoms with van der Waals surface area (Å²) in [4.78, 5) is 10.9. The normalized spacial score (nSPS) is 18.5. The molecule has 0 aromatic carbocycles. The predicted octanol–water partition coefficient (Wildman–Crippen LogP) is 0.203. The van der Waals surface area contributed by atoms with Crippen molar-refractivity contribution >= 4 is 5.95 Å². The quantitative estimate of drug-likeness (QED) is 0.791. The van der Waals surface area contributed by atoms with Gasteiger partial charge in [-0.25, -0.2) is 9.97 Å². The summed E-state index contributed by atoms with van der Waals surface area (Å²) in [7, 11) is 0. The maximum Gasteiger partial charge on any atom is 0.225 e. The minimum absolute atomic E-state index is 0.151. The number of nitrogens with two attached hydrogens (primary N) is 1. The fourth-order valence-electron chi connectivity index (χ4n) is 1.75. The molecule has 2 N–H and O–H groups in total. The summed E-state index contributed by atoms with van der Waals surface area (Å²) in [5.41, 5.74) is 6.81. The summed E-state index contributed by atoms with van der Waals surface area (Å²) >= 11 is 0. The lowest BCUT2D eigenvalue weighted by Crippen LogP contribution is -2.37. The lowest BCUT2D eigenvalue weighted by Gasteiger charge is -2.26. The minimum atomic E-state index is 0.151. The number of anilines is 1. The van der Waals surface area contributed by atoms with Gasteiger partial charge in [0.25, 0.3) is 0 Å². The number of rotatable bonds is 3. The molecule has 0 spiro atoms. The van der Waals surface area contributed by atoms with E-state index in [1.165, 1.54) is 0 Å². The van der Waals surface area contributed by atoms with Crippen LogP contribution in [-0.2, 0) is 11.2 Å². The van der Waals surface area contributed by atoms with E-state index in [2.05, 4.69) is 14.9 Å². The van der Waals surface area contributed by atoms with E-state index in [0.717, 1.165) is 44.2 Å². The SMILES string of the molecule is CC(N)Cc1cnc(N2CCOCC2)nc1. The standard InChI is InChI=1S/C11H18N4O/c1-9(12)6-10-7-13-11(14-8-10)15-2-4-16-5-3-15/h7-9H,2-6,12H2,1H3. The van der Waals surface area contributed by atoms with Crippen molar-refractivity contribution in [3.05, 3.63) is 18.0 Å². The van der Waals surface area contributed by atoms with Crippen LogP contribution >= 0.6 is 0 Å². The molecule has 2 rings (SSSR count). The molecule has 1 saturated heterocycles. The summed E-state index contributed by atoms with van der Waals surface area (Å²) in [6.45, 7) is 5.23. The van der Waals surface area contributed by atoms with Gasteiger partial charge in [0.15, 0.2) is 0 Å². The van der Waals surface area contributed by atoms with Gasteiger partial charge in [-0.05, 0) is 18.9 Å². The third kappa shape index (κ3) is 2.90. The maximum atomic E-state index is 5.72. The number of ether oxygens (including phenoxy) is 1. The van der Waals surface area contributed by atoms with Crippen molar-refractivity contribution in [3.8, 4) is 0 Å². The summed E-state index contributed by atoms with van der Waals surface area (Å²) < 4.78 is 5.28. The van der Waals surface area contributed by atoms with E-state index >= 15 is 0 Å². The zero-order valence-corrected chi connectivity index (χ0v) is 9.59. The van der Waals surface area contributed by atoms with Crippen molar-refractivity contribution in [2.24, 2.45) is 5.73 Å². The van der Waals surface area contributed by atoms with Crippen LogP contribution in [-0.4, -0.2) is 42.3 Å². The first-order valence-electron chi connectivity index (χ1n) is 5.65. The van der Waals surface area contributed by atoms with Crippen LogP contribution in [0.5, 0.6) is 0 Å². The fourth-order valence-corrected chi connectivity index (χ4v) is 1.75. The van der Waals surface area contributed by atoms with Crippen molar-refractivity contribution < 1.29 is 4.74 Å². The van der Waals surface area contributed by atoms with Gasteiger partial charge in [0.2, 0.25) is 5.95 Å². The van der Waals surface area contributed by atoms with Crippen LogP contribution in [0.25, 0.3) is 0 Å². The molecule has 0 bridgehead atoms. The molecule has 0 saturated carbocycles. The van der Waals surface area contributed by atoms with E-state index in [-0.39, 0.29) is 6.04 Å². The van der Waals surface area contributed by atoms with Crippen LogP contribution in [0.3, 0.4) is 0 Å². The highest BCUT2D eigenvalue weighted by Crippen LogP contribution is 2.09. The van der Waals surface area contributed by atoms with Gasteiger partial charge in [0, 0.05) is 31.5 Å². The second-order valence-corrected chi connectivity index (χ2v) is 4.17. The van der Waals surface area contributed by atoms with Gasteiger partial charge in [-0.15, -0.1) is 0 Å². The van der Waals surface area contributed by atoms with E-state index < -0.39 is 0 Å². The van der Waals surface area contributed by atoms with E-state index in [9.17, 15) is 0 Å². The molecule has 1 aliphatic rings. The van der Waals surface area contributed by atoms with Crippen LogP contribution < -0.4 is 10.6 Å². The Morgan fingerprint density at radius 3 is 2.56 bits per heavy atom. The molecule has 1 aromatic heterocycles. The van der Waals surface area contributed by atoms with Gasteiger partial charge < -0.3 is 15.4 Å². The van der Waals surface area contributed by atoms with Gasteiger partial charge >= 0.3 is 0 Å². The zero-order valence-electron chi connectivity index (χ0n) is 9.59. The molecule has 1 aliphatic heterocycles. The van der Waals surface area contributed by atoms with Crippen molar-refractivity contribution in [3.63, 3.8) is 0 Å². The maximum absolute atomic E-state index is 5.72. The summed E-state index contributed by atoms with van der Waals surface area (Å²) in [6.07, 6.45) is 4.55. The molecule has 0 aliphatic carbocycles. The van der Waals surface area contributed by atoms with Gasteiger partial charge in [-0.3, -0.25) is 0 Å². The molecule has 0 amide bonds. The Morgan fingerprint density at radius 2 is 2.00 bits per heavy atom. The molecule has 16 heavy (non-hydrogen) atoms. The topological polar surface area (TPSA) is 64.3 Å². The molecule has 5 nitrogen and oxygen atoms in total. The molecule has 2 heterocycles. The van der Waals surface area contributed by atoms with Crippen LogP contribution in [0.15, 0.2) is 12.4 Å². The molecule has 1 unspecified atom stereocenters.